The molecule has 49 heavy (non-hydrogen) atoms. The zero-order chi connectivity index (χ0) is 36.3. The van der Waals surface area contributed by atoms with E-state index < -0.39 is 38.6 Å². The fraction of sp³-hybridized carbons (Fsp3) is 0.692. The lowest BCUT2D eigenvalue weighted by atomic mass is 10.1. The van der Waals surface area contributed by atoms with Gasteiger partial charge in [-0.25, -0.2) is 4.57 Å². The summed E-state index contributed by atoms with van der Waals surface area (Å²) in [5.41, 5.74) is 0. The molecule has 9 nitrogen and oxygen atoms in total. The van der Waals surface area contributed by atoms with Crippen molar-refractivity contribution < 1.29 is 43.0 Å². The Morgan fingerprint density at radius 3 is 1.86 bits per heavy atom. The third-order valence-corrected chi connectivity index (χ3v) is 8.14. The van der Waals surface area contributed by atoms with Gasteiger partial charge in [-0.15, -0.1) is 0 Å². The van der Waals surface area contributed by atoms with E-state index >= 15 is 0 Å². The lowest BCUT2D eigenvalue weighted by molar-refractivity contribution is -0.161. The molecule has 0 aromatic carbocycles. The topological polar surface area (TPSA) is 140 Å². The summed E-state index contributed by atoms with van der Waals surface area (Å²) < 4.78 is 26.2. The first-order valence-corrected chi connectivity index (χ1v) is 20.2. The lowest BCUT2D eigenvalue weighted by Gasteiger charge is -2.18. The van der Waals surface area contributed by atoms with Gasteiger partial charge in [0.15, 0.2) is 6.10 Å². The molecule has 0 fully saturated rings. The molecule has 0 heterocycles. The Morgan fingerprint density at radius 1 is 0.653 bits per heavy atom. The van der Waals surface area contributed by atoms with Gasteiger partial charge < -0.3 is 24.4 Å². The van der Waals surface area contributed by atoms with Crippen LogP contribution < -0.4 is 0 Å². The van der Waals surface area contributed by atoms with Gasteiger partial charge in [-0.2, -0.15) is 0 Å². The molecule has 0 aromatic heterocycles. The van der Waals surface area contributed by atoms with Crippen molar-refractivity contribution in [1.82, 2.24) is 0 Å². The van der Waals surface area contributed by atoms with Gasteiger partial charge in [-0.1, -0.05) is 139 Å². The lowest BCUT2D eigenvalue weighted by Crippen LogP contribution is -2.29. The second-order valence-electron chi connectivity index (χ2n) is 12.4. The molecule has 1 unspecified atom stereocenters. The molecule has 0 aliphatic heterocycles. The van der Waals surface area contributed by atoms with Crippen LogP contribution in [0.25, 0.3) is 0 Å². The van der Waals surface area contributed by atoms with Crippen LogP contribution in [0.5, 0.6) is 0 Å². The van der Waals surface area contributed by atoms with Crippen LogP contribution >= 0.6 is 7.82 Å². The number of carbonyl (C=O) groups is 2. The molecule has 0 saturated carbocycles. The average molecular weight is 711 g/mol. The van der Waals surface area contributed by atoms with E-state index in [1.165, 1.54) is 25.7 Å². The van der Waals surface area contributed by atoms with E-state index in [1.807, 2.05) is 18.2 Å². The van der Waals surface area contributed by atoms with Crippen molar-refractivity contribution in [3.8, 4) is 0 Å². The van der Waals surface area contributed by atoms with Gasteiger partial charge in [-0.3, -0.25) is 14.1 Å². The van der Waals surface area contributed by atoms with Gasteiger partial charge in [0.25, 0.3) is 0 Å². The molecule has 0 spiro atoms. The first-order chi connectivity index (χ1) is 23.7. The Labute approximate surface area is 297 Å². The van der Waals surface area contributed by atoms with Crippen molar-refractivity contribution in [2.75, 3.05) is 13.2 Å². The van der Waals surface area contributed by atoms with Gasteiger partial charge in [0.1, 0.15) is 6.61 Å². The van der Waals surface area contributed by atoms with E-state index in [4.69, 9.17) is 19.3 Å². The van der Waals surface area contributed by atoms with Crippen LogP contribution in [0.4, 0.5) is 0 Å². The fourth-order valence-corrected chi connectivity index (χ4v) is 5.20. The largest absolute Gasteiger partial charge is 0.469 e. The van der Waals surface area contributed by atoms with Crippen molar-refractivity contribution in [3.05, 3.63) is 60.8 Å². The first kappa shape index (κ1) is 46.7. The normalized spacial score (nSPS) is 13.8. The molecular weight excluding hydrogens is 643 g/mol. The van der Waals surface area contributed by atoms with E-state index in [0.717, 1.165) is 77.0 Å². The highest BCUT2D eigenvalue weighted by atomic mass is 31.2. The van der Waals surface area contributed by atoms with E-state index in [-0.39, 0.29) is 19.4 Å². The number of unbranched alkanes of at least 4 members (excludes halogenated alkanes) is 13. The number of esters is 2. The molecule has 0 radical (unpaired) electrons. The third kappa shape index (κ3) is 36.8. The van der Waals surface area contributed by atoms with Crippen LogP contribution in [0.2, 0.25) is 0 Å². The molecule has 0 aromatic rings. The van der Waals surface area contributed by atoms with Crippen molar-refractivity contribution >= 4 is 19.8 Å². The zero-order valence-electron chi connectivity index (χ0n) is 30.4. The van der Waals surface area contributed by atoms with Gasteiger partial charge in [0.2, 0.25) is 0 Å². The smallest absolute Gasteiger partial charge is 0.462 e. The quantitative estimate of drug-likeness (QED) is 0.0200. The number of aliphatic hydroxyl groups excluding tert-OH is 1. The molecule has 0 bridgehead atoms. The van der Waals surface area contributed by atoms with Crippen molar-refractivity contribution in [2.45, 2.75) is 161 Å². The Morgan fingerprint density at radius 2 is 1.22 bits per heavy atom. The monoisotopic (exact) mass is 710 g/mol. The van der Waals surface area contributed by atoms with Gasteiger partial charge in [0, 0.05) is 12.8 Å². The van der Waals surface area contributed by atoms with Crippen LogP contribution in [-0.4, -0.2) is 52.3 Å². The maximum absolute atomic E-state index is 12.4. The van der Waals surface area contributed by atoms with Crippen LogP contribution in [0.15, 0.2) is 60.8 Å². The van der Waals surface area contributed by atoms with Crippen LogP contribution in [-0.2, 0) is 28.2 Å². The molecule has 10 heteroatoms. The molecule has 0 amide bonds. The first-order valence-electron chi connectivity index (χ1n) is 18.7. The molecule has 3 N–H and O–H groups in total. The third-order valence-electron chi connectivity index (χ3n) is 7.65. The number of hydrogen-bond acceptors (Lipinski definition) is 7. The van der Waals surface area contributed by atoms with Crippen molar-refractivity contribution in [1.29, 1.82) is 0 Å². The average Bonchev–Trinajstić information content (AvgIpc) is 3.06. The molecular formula is C39H67O9P. The summed E-state index contributed by atoms with van der Waals surface area (Å²) in [6, 6.07) is 0. The van der Waals surface area contributed by atoms with Gasteiger partial charge in [-0.05, 0) is 57.8 Å². The Balaban J connectivity index is 4.11. The Bertz CT molecular complexity index is 996. The summed E-state index contributed by atoms with van der Waals surface area (Å²) in [4.78, 5) is 42.7. The molecule has 0 saturated heterocycles. The van der Waals surface area contributed by atoms with Gasteiger partial charge >= 0.3 is 19.8 Å². The molecule has 282 valence electrons. The van der Waals surface area contributed by atoms with Crippen LogP contribution in [0.3, 0.4) is 0 Å². The predicted molar refractivity (Wildman–Crippen MR) is 199 cm³/mol. The SMILES string of the molecule is CC/C=C/C/C=C/C=C/C(O)CCCCCCCC(=O)O[C@H](COC(=O)CCCCCCC/C=C\C=C/CCCCCC)COP(=O)(O)O. The summed E-state index contributed by atoms with van der Waals surface area (Å²) in [6.07, 6.45) is 38.2. The number of aliphatic hydroxyl groups is 1. The van der Waals surface area contributed by atoms with E-state index in [1.54, 1.807) is 6.08 Å². The summed E-state index contributed by atoms with van der Waals surface area (Å²) in [5, 5.41) is 10.1. The highest BCUT2D eigenvalue weighted by Crippen LogP contribution is 2.36. The highest BCUT2D eigenvalue weighted by Gasteiger charge is 2.22. The van der Waals surface area contributed by atoms with Crippen molar-refractivity contribution in [3.63, 3.8) is 0 Å². The number of ether oxygens (including phenoxy) is 2. The predicted octanol–water partition coefficient (Wildman–Crippen LogP) is 9.92. The Hall–Kier alpha value is -2.29. The minimum absolute atomic E-state index is 0.136. The summed E-state index contributed by atoms with van der Waals surface area (Å²) in [5.74, 6) is -0.985. The van der Waals surface area contributed by atoms with Gasteiger partial charge in [0.05, 0.1) is 12.7 Å². The highest BCUT2D eigenvalue weighted by molar-refractivity contribution is 7.46. The number of carbonyl (C=O) groups excluding carboxylic acids is 2. The maximum atomic E-state index is 12.4. The summed E-state index contributed by atoms with van der Waals surface area (Å²) in [6.45, 7) is 3.42. The Kier molecular flexibility index (Phi) is 32.6. The summed E-state index contributed by atoms with van der Waals surface area (Å²) in [7, 11) is -4.78. The number of rotatable bonds is 33. The maximum Gasteiger partial charge on any atom is 0.469 e. The van der Waals surface area contributed by atoms with E-state index in [2.05, 4.69) is 54.8 Å². The van der Waals surface area contributed by atoms with E-state index in [9.17, 15) is 19.3 Å². The number of allylic oxidation sites excluding steroid dienone is 9. The number of phosphoric ester groups is 1. The summed E-state index contributed by atoms with van der Waals surface area (Å²) >= 11 is 0. The minimum atomic E-state index is -4.78. The van der Waals surface area contributed by atoms with Crippen LogP contribution in [0, 0.1) is 0 Å². The fourth-order valence-electron chi connectivity index (χ4n) is 4.84. The minimum Gasteiger partial charge on any atom is -0.462 e. The molecule has 0 rings (SSSR count). The number of phosphoric acid groups is 1. The van der Waals surface area contributed by atoms with Crippen LogP contribution in [0.1, 0.15) is 149 Å². The molecule has 0 aliphatic rings. The second kappa shape index (κ2) is 34.2. The molecule has 0 aliphatic carbocycles. The zero-order valence-corrected chi connectivity index (χ0v) is 31.3. The van der Waals surface area contributed by atoms with E-state index in [0.29, 0.717) is 19.3 Å². The second-order valence-corrected chi connectivity index (χ2v) is 13.6. The van der Waals surface area contributed by atoms with Crippen molar-refractivity contribution in [2.24, 2.45) is 0 Å². The molecule has 2 atom stereocenters. The number of hydrogen-bond donors (Lipinski definition) is 3. The standard InChI is InChI=1S/C39H67O9P/c1-3-5-7-9-11-12-13-14-15-16-17-18-20-24-28-32-38(41)46-34-37(35-47-49(43,44)45)48-39(42)33-29-25-21-23-27-31-36(40)30-26-22-19-10-8-6-4-2/h6,8,12-15,19,22,26,30,36-37,40H,3-5,7,9-11,16-18,20-21,23-25,27-29,31-35H2,1-2H3,(H2,43,44,45)/b8-6+,13-12-,15-14-,22-19+,30-26+/t36?,37-/m1/s1.